The molecule has 154 valence electrons. The largest absolute Gasteiger partial charge is 0.494 e. The van der Waals surface area contributed by atoms with Crippen LogP contribution in [0.25, 0.3) is 0 Å². The lowest BCUT2D eigenvalue weighted by molar-refractivity contribution is -0.138. The Balaban J connectivity index is 1.93. The lowest BCUT2D eigenvalue weighted by atomic mass is 10.1. The fraction of sp³-hybridized carbons (Fsp3) is 0.417. The van der Waals surface area contributed by atoms with Crippen LogP contribution in [0, 0.1) is 11.3 Å². The molecule has 1 aliphatic rings. The van der Waals surface area contributed by atoms with Crippen LogP contribution in [0.4, 0.5) is 5.69 Å². The van der Waals surface area contributed by atoms with Gasteiger partial charge in [0.15, 0.2) is 0 Å². The van der Waals surface area contributed by atoms with E-state index in [1.54, 1.807) is 12.2 Å². The number of unbranched alkanes of at least 4 members (excludes halogenated alkanes) is 4. The Morgan fingerprint density at radius 3 is 2.28 bits per heavy atom. The molecular weight excluding hydrogens is 364 g/mol. The van der Waals surface area contributed by atoms with E-state index in [1.807, 2.05) is 54.6 Å². The van der Waals surface area contributed by atoms with E-state index >= 15 is 0 Å². The maximum Gasteiger partial charge on any atom is 0.349 e. The molecule has 2 rings (SSSR count). The van der Waals surface area contributed by atoms with Crippen LogP contribution in [-0.2, 0) is 9.53 Å². The van der Waals surface area contributed by atoms with Crippen LogP contribution in [0.15, 0.2) is 60.0 Å². The van der Waals surface area contributed by atoms with Crippen LogP contribution < -0.4 is 9.64 Å². The van der Waals surface area contributed by atoms with E-state index in [-0.39, 0.29) is 5.57 Å². The maximum atomic E-state index is 12.1. The molecule has 0 fully saturated rings. The van der Waals surface area contributed by atoms with Gasteiger partial charge in [-0.3, -0.25) is 0 Å². The average Bonchev–Trinajstić information content (AvgIpc) is 2.75. The standard InChI is InChI=1S/C24H30N2O3/c1-3-5-7-8-18-28-22-11-9-21(10-12-22)26-15-13-20(14-16-26)23(19-25)24(27)29-17-6-4-2/h9-16H,3-8,17-18H2,1-2H3. The number of rotatable bonds is 11. The molecule has 1 aromatic carbocycles. The van der Waals surface area contributed by atoms with E-state index in [4.69, 9.17) is 9.47 Å². The zero-order chi connectivity index (χ0) is 20.9. The molecule has 0 bridgehead atoms. The minimum Gasteiger partial charge on any atom is -0.494 e. The molecule has 0 aromatic heterocycles. The number of allylic oxidation sites excluding steroid dienone is 3. The fourth-order valence-electron chi connectivity index (χ4n) is 2.81. The highest BCUT2D eigenvalue weighted by molar-refractivity contribution is 5.95. The molecule has 5 heteroatoms. The normalized spacial score (nSPS) is 12.6. The fourth-order valence-corrected chi connectivity index (χ4v) is 2.81. The summed E-state index contributed by atoms with van der Waals surface area (Å²) in [5.74, 6) is 0.288. The molecule has 0 saturated carbocycles. The van der Waals surface area contributed by atoms with Gasteiger partial charge in [-0.15, -0.1) is 0 Å². The van der Waals surface area contributed by atoms with E-state index in [0.717, 1.165) is 37.3 Å². The van der Waals surface area contributed by atoms with Crippen molar-refractivity contribution in [2.75, 3.05) is 18.1 Å². The summed E-state index contributed by atoms with van der Waals surface area (Å²) in [6, 6.07) is 9.83. The Morgan fingerprint density at radius 2 is 1.66 bits per heavy atom. The van der Waals surface area contributed by atoms with Crippen molar-refractivity contribution >= 4 is 11.7 Å². The number of carbonyl (C=O) groups excluding carboxylic acids is 1. The lowest BCUT2D eigenvalue weighted by Crippen LogP contribution is -2.13. The lowest BCUT2D eigenvalue weighted by Gasteiger charge is -2.19. The zero-order valence-corrected chi connectivity index (χ0v) is 17.4. The number of ether oxygens (including phenoxy) is 2. The zero-order valence-electron chi connectivity index (χ0n) is 17.4. The van der Waals surface area contributed by atoms with Gasteiger partial charge in [-0.05, 0) is 49.3 Å². The molecule has 29 heavy (non-hydrogen) atoms. The second-order valence-corrected chi connectivity index (χ2v) is 6.87. The minimum atomic E-state index is -0.570. The second kappa shape index (κ2) is 12.5. The molecule has 1 aliphatic heterocycles. The first-order valence-electron chi connectivity index (χ1n) is 10.4. The Hall–Kier alpha value is -3.00. The van der Waals surface area contributed by atoms with Crippen molar-refractivity contribution in [1.82, 2.24) is 0 Å². The van der Waals surface area contributed by atoms with Crippen LogP contribution in [0.2, 0.25) is 0 Å². The van der Waals surface area contributed by atoms with Gasteiger partial charge in [-0.25, -0.2) is 4.79 Å². The van der Waals surface area contributed by atoms with Gasteiger partial charge in [0.2, 0.25) is 0 Å². The SMILES string of the molecule is CCCCCCOc1ccc(N2C=CC(=C(C#N)C(=O)OCCCC)C=C2)cc1. The number of nitriles is 1. The van der Waals surface area contributed by atoms with Crippen LogP contribution in [0.3, 0.4) is 0 Å². The van der Waals surface area contributed by atoms with E-state index < -0.39 is 5.97 Å². The third kappa shape index (κ3) is 7.15. The van der Waals surface area contributed by atoms with Gasteiger partial charge < -0.3 is 14.4 Å². The second-order valence-electron chi connectivity index (χ2n) is 6.87. The molecule has 0 atom stereocenters. The van der Waals surface area contributed by atoms with Crippen molar-refractivity contribution in [1.29, 1.82) is 5.26 Å². The Kier molecular flexibility index (Phi) is 9.57. The van der Waals surface area contributed by atoms with Crippen molar-refractivity contribution in [3.05, 3.63) is 60.0 Å². The molecule has 0 radical (unpaired) electrons. The van der Waals surface area contributed by atoms with E-state index in [2.05, 4.69) is 6.92 Å². The summed E-state index contributed by atoms with van der Waals surface area (Å²) in [7, 11) is 0. The van der Waals surface area contributed by atoms with Crippen LogP contribution >= 0.6 is 0 Å². The molecule has 5 nitrogen and oxygen atoms in total. The van der Waals surface area contributed by atoms with Crippen molar-refractivity contribution < 1.29 is 14.3 Å². The number of carbonyl (C=O) groups is 1. The van der Waals surface area contributed by atoms with Gasteiger partial charge in [0.05, 0.1) is 13.2 Å². The molecule has 1 heterocycles. The van der Waals surface area contributed by atoms with Crippen molar-refractivity contribution in [3.63, 3.8) is 0 Å². The number of esters is 1. The number of anilines is 1. The molecule has 0 saturated heterocycles. The maximum absolute atomic E-state index is 12.1. The molecule has 0 aliphatic carbocycles. The molecule has 0 spiro atoms. The first-order chi connectivity index (χ1) is 14.2. The van der Waals surface area contributed by atoms with Crippen LogP contribution in [0.1, 0.15) is 52.4 Å². The van der Waals surface area contributed by atoms with Gasteiger partial charge in [-0.1, -0.05) is 39.5 Å². The van der Waals surface area contributed by atoms with Crippen molar-refractivity contribution in [2.45, 2.75) is 52.4 Å². The molecule has 0 N–H and O–H groups in total. The Morgan fingerprint density at radius 1 is 0.966 bits per heavy atom. The number of nitrogens with zero attached hydrogens (tertiary/aromatic N) is 2. The monoisotopic (exact) mass is 394 g/mol. The minimum absolute atomic E-state index is 0.0278. The quantitative estimate of drug-likeness (QED) is 0.210. The summed E-state index contributed by atoms with van der Waals surface area (Å²) in [6.07, 6.45) is 13.6. The van der Waals surface area contributed by atoms with Crippen LogP contribution in [0.5, 0.6) is 5.75 Å². The average molecular weight is 395 g/mol. The van der Waals surface area contributed by atoms with Gasteiger partial charge in [0.25, 0.3) is 0 Å². The predicted molar refractivity (Wildman–Crippen MR) is 115 cm³/mol. The van der Waals surface area contributed by atoms with Crippen molar-refractivity contribution in [2.24, 2.45) is 0 Å². The summed E-state index contributed by atoms with van der Waals surface area (Å²) >= 11 is 0. The van der Waals surface area contributed by atoms with Crippen LogP contribution in [-0.4, -0.2) is 19.2 Å². The summed E-state index contributed by atoms with van der Waals surface area (Å²) in [5, 5.41) is 9.33. The topological polar surface area (TPSA) is 62.6 Å². The summed E-state index contributed by atoms with van der Waals surface area (Å²) in [6.45, 7) is 5.29. The summed E-state index contributed by atoms with van der Waals surface area (Å²) in [4.78, 5) is 14.0. The number of benzene rings is 1. The van der Waals surface area contributed by atoms with E-state index in [0.29, 0.717) is 12.2 Å². The highest BCUT2D eigenvalue weighted by atomic mass is 16.5. The molecule has 0 unspecified atom stereocenters. The first kappa shape index (κ1) is 22.3. The number of hydrogen-bond donors (Lipinski definition) is 0. The molecule has 0 amide bonds. The van der Waals surface area contributed by atoms with Gasteiger partial charge >= 0.3 is 5.97 Å². The smallest absolute Gasteiger partial charge is 0.349 e. The van der Waals surface area contributed by atoms with E-state index in [1.165, 1.54) is 19.3 Å². The van der Waals surface area contributed by atoms with E-state index in [9.17, 15) is 10.1 Å². The summed E-state index contributed by atoms with van der Waals surface area (Å²) in [5.41, 5.74) is 1.55. The first-order valence-corrected chi connectivity index (χ1v) is 10.4. The van der Waals surface area contributed by atoms with Gasteiger partial charge in [-0.2, -0.15) is 5.26 Å². The highest BCUT2D eigenvalue weighted by Gasteiger charge is 2.16. The Bertz CT molecular complexity index is 769. The predicted octanol–water partition coefficient (Wildman–Crippen LogP) is 5.66. The van der Waals surface area contributed by atoms with Gasteiger partial charge in [0.1, 0.15) is 17.4 Å². The summed E-state index contributed by atoms with van der Waals surface area (Å²) < 4.78 is 10.9. The molecular formula is C24H30N2O3. The van der Waals surface area contributed by atoms with Gasteiger partial charge in [0, 0.05) is 23.7 Å². The molecule has 1 aromatic rings. The number of hydrogen-bond acceptors (Lipinski definition) is 5. The third-order valence-electron chi connectivity index (χ3n) is 4.57. The highest BCUT2D eigenvalue weighted by Crippen LogP contribution is 2.24. The van der Waals surface area contributed by atoms with Crippen molar-refractivity contribution in [3.8, 4) is 11.8 Å². The Labute approximate surface area is 173 Å². The third-order valence-corrected chi connectivity index (χ3v) is 4.57.